The lowest BCUT2D eigenvalue weighted by Gasteiger charge is -2.39. The average Bonchev–Trinajstić information content (AvgIpc) is 2.75. The fraction of sp³-hybridized carbons (Fsp3) is 0.318. The summed E-state index contributed by atoms with van der Waals surface area (Å²) < 4.78 is 1.72. The van der Waals surface area contributed by atoms with Crippen LogP contribution >= 0.6 is 0 Å². The number of benzene rings is 1. The highest BCUT2D eigenvalue weighted by Crippen LogP contribution is 2.28. The van der Waals surface area contributed by atoms with Crippen molar-refractivity contribution in [1.29, 1.82) is 0 Å². The van der Waals surface area contributed by atoms with Crippen LogP contribution < -0.4 is 10.5 Å². The summed E-state index contributed by atoms with van der Waals surface area (Å²) in [5.41, 5.74) is 2.29. The molecule has 6 heteroatoms. The zero-order chi connectivity index (χ0) is 19.5. The van der Waals surface area contributed by atoms with Gasteiger partial charge in [-0.2, -0.15) is 0 Å². The SMILES string of the molecule is CCC1CCn2c(nc(-c3ccncc3)cc2=O)N1C[C@@H](O)c1ccccc1. The van der Waals surface area contributed by atoms with Crippen LogP contribution in [0.5, 0.6) is 0 Å². The Balaban J connectivity index is 1.74. The topological polar surface area (TPSA) is 71.2 Å². The van der Waals surface area contributed by atoms with Gasteiger partial charge >= 0.3 is 0 Å². The van der Waals surface area contributed by atoms with Gasteiger partial charge in [0.1, 0.15) is 0 Å². The highest BCUT2D eigenvalue weighted by molar-refractivity contribution is 5.59. The maximum absolute atomic E-state index is 12.8. The molecule has 3 heterocycles. The van der Waals surface area contributed by atoms with E-state index in [2.05, 4.69) is 16.8 Å². The van der Waals surface area contributed by atoms with Crippen LogP contribution in [0.3, 0.4) is 0 Å². The zero-order valence-electron chi connectivity index (χ0n) is 15.9. The van der Waals surface area contributed by atoms with Crippen LogP contribution in [0.2, 0.25) is 0 Å². The minimum Gasteiger partial charge on any atom is -0.387 e. The molecular weight excluding hydrogens is 352 g/mol. The van der Waals surface area contributed by atoms with Crippen LogP contribution in [0, 0.1) is 0 Å². The van der Waals surface area contributed by atoms with Gasteiger partial charge in [0.05, 0.1) is 18.3 Å². The first kappa shape index (κ1) is 18.4. The molecule has 6 nitrogen and oxygen atoms in total. The van der Waals surface area contributed by atoms with Crippen LogP contribution in [0.25, 0.3) is 11.3 Å². The summed E-state index contributed by atoms with van der Waals surface area (Å²) in [6.07, 6.45) is 4.53. The highest BCUT2D eigenvalue weighted by Gasteiger charge is 2.29. The molecule has 0 fully saturated rings. The average molecular weight is 376 g/mol. The number of aromatic nitrogens is 3. The minimum absolute atomic E-state index is 0.0643. The number of nitrogens with zero attached hydrogens (tertiary/aromatic N) is 4. The number of hydrogen-bond acceptors (Lipinski definition) is 5. The quantitative estimate of drug-likeness (QED) is 0.741. The van der Waals surface area contributed by atoms with Crippen LogP contribution in [-0.2, 0) is 6.54 Å². The highest BCUT2D eigenvalue weighted by atomic mass is 16.3. The third kappa shape index (κ3) is 3.55. The Labute approximate surface area is 164 Å². The van der Waals surface area contributed by atoms with Crippen LogP contribution in [0.1, 0.15) is 31.4 Å². The van der Waals surface area contributed by atoms with Crippen molar-refractivity contribution in [3.63, 3.8) is 0 Å². The van der Waals surface area contributed by atoms with Gasteiger partial charge < -0.3 is 10.0 Å². The summed E-state index contributed by atoms with van der Waals surface area (Å²) >= 11 is 0. The lowest BCUT2D eigenvalue weighted by molar-refractivity contribution is 0.176. The molecule has 1 N–H and O–H groups in total. The first-order valence-electron chi connectivity index (χ1n) is 9.69. The molecule has 0 bridgehead atoms. The van der Waals surface area contributed by atoms with E-state index in [0.717, 1.165) is 24.0 Å². The van der Waals surface area contributed by atoms with E-state index in [4.69, 9.17) is 4.98 Å². The van der Waals surface area contributed by atoms with Crippen molar-refractivity contribution >= 4 is 5.95 Å². The van der Waals surface area contributed by atoms with Crippen molar-refractivity contribution in [3.8, 4) is 11.3 Å². The molecule has 1 unspecified atom stereocenters. The fourth-order valence-corrected chi connectivity index (χ4v) is 3.81. The molecule has 0 saturated heterocycles. The summed E-state index contributed by atoms with van der Waals surface area (Å²) in [6.45, 7) is 3.18. The first-order valence-corrected chi connectivity index (χ1v) is 9.69. The smallest absolute Gasteiger partial charge is 0.255 e. The van der Waals surface area contributed by atoms with E-state index >= 15 is 0 Å². The summed E-state index contributed by atoms with van der Waals surface area (Å²) in [5.74, 6) is 0.632. The Hall–Kier alpha value is -2.99. The van der Waals surface area contributed by atoms with E-state index in [1.165, 1.54) is 0 Å². The minimum atomic E-state index is -0.650. The van der Waals surface area contributed by atoms with Crippen LogP contribution in [-0.4, -0.2) is 32.2 Å². The Kier molecular flexibility index (Phi) is 5.21. The molecule has 2 aromatic heterocycles. The van der Waals surface area contributed by atoms with E-state index in [9.17, 15) is 9.90 Å². The number of rotatable bonds is 5. The second-order valence-electron chi connectivity index (χ2n) is 7.10. The summed E-state index contributed by atoms with van der Waals surface area (Å²) in [4.78, 5) is 23.7. The molecule has 1 aliphatic heterocycles. The van der Waals surface area contributed by atoms with Gasteiger partial charge in [-0.3, -0.25) is 14.3 Å². The molecule has 0 saturated carbocycles. The maximum Gasteiger partial charge on any atom is 0.255 e. The second-order valence-corrected chi connectivity index (χ2v) is 7.10. The fourth-order valence-electron chi connectivity index (χ4n) is 3.81. The third-order valence-electron chi connectivity index (χ3n) is 5.37. The van der Waals surface area contributed by atoms with Crippen molar-refractivity contribution in [2.45, 2.75) is 38.5 Å². The molecule has 0 radical (unpaired) electrons. The second kappa shape index (κ2) is 7.94. The number of anilines is 1. The normalized spacial score (nSPS) is 17.2. The number of β-amino-alcohol motifs (C(OH)–C–C–N with tert-alkyl or cyclic N) is 1. The van der Waals surface area contributed by atoms with E-state index in [-0.39, 0.29) is 11.6 Å². The van der Waals surface area contributed by atoms with Gasteiger partial charge in [0.15, 0.2) is 0 Å². The van der Waals surface area contributed by atoms with Gasteiger partial charge in [-0.1, -0.05) is 37.3 Å². The van der Waals surface area contributed by atoms with Gasteiger partial charge in [-0.25, -0.2) is 4.98 Å². The van der Waals surface area contributed by atoms with Crippen LogP contribution in [0.4, 0.5) is 5.95 Å². The van der Waals surface area contributed by atoms with Gasteiger partial charge in [-0.05, 0) is 30.5 Å². The Morgan fingerprint density at radius 3 is 2.64 bits per heavy atom. The summed E-state index contributed by atoms with van der Waals surface area (Å²) in [5, 5.41) is 10.8. The lowest BCUT2D eigenvalue weighted by Crippen LogP contribution is -2.47. The van der Waals surface area contributed by atoms with Gasteiger partial charge in [0.2, 0.25) is 5.95 Å². The van der Waals surface area contributed by atoms with Crippen molar-refractivity contribution in [3.05, 3.63) is 76.8 Å². The summed E-state index contributed by atoms with van der Waals surface area (Å²) in [7, 11) is 0. The zero-order valence-corrected chi connectivity index (χ0v) is 15.9. The largest absolute Gasteiger partial charge is 0.387 e. The number of aliphatic hydroxyl groups excluding tert-OH is 1. The van der Waals surface area contributed by atoms with Gasteiger partial charge in [0, 0.05) is 36.6 Å². The van der Waals surface area contributed by atoms with E-state index in [1.807, 2.05) is 42.5 Å². The Bertz CT molecular complexity index is 988. The number of aliphatic hydroxyl groups is 1. The van der Waals surface area contributed by atoms with Crippen molar-refractivity contribution < 1.29 is 5.11 Å². The molecular formula is C22H24N4O2. The predicted molar refractivity (Wildman–Crippen MR) is 109 cm³/mol. The maximum atomic E-state index is 12.8. The Morgan fingerprint density at radius 1 is 1.18 bits per heavy atom. The van der Waals surface area contributed by atoms with Gasteiger partial charge in [-0.15, -0.1) is 0 Å². The van der Waals surface area contributed by atoms with Crippen molar-refractivity contribution in [2.24, 2.45) is 0 Å². The number of fused-ring (bicyclic) bond motifs is 1. The molecule has 144 valence electrons. The standard InChI is InChI=1S/C22H24N4O2/c1-2-18-10-13-25-21(28)14-19(16-8-11-23-12-9-16)24-22(25)26(18)15-20(27)17-6-4-3-5-7-17/h3-9,11-12,14,18,20,27H,2,10,13,15H2,1H3/t18?,20-/m1/s1. The first-order chi connectivity index (χ1) is 13.7. The molecule has 1 aliphatic rings. The van der Waals surface area contributed by atoms with Crippen molar-refractivity contribution in [1.82, 2.24) is 14.5 Å². The van der Waals surface area contributed by atoms with E-state index in [1.54, 1.807) is 23.0 Å². The molecule has 28 heavy (non-hydrogen) atoms. The van der Waals surface area contributed by atoms with E-state index in [0.29, 0.717) is 24.7 Å². The molecule has 1 aromatic carbocycles. The Morgan fingerprint density at radius 2 is 1.93 bits per heavy atom. The third-order valence-corrected chi connectivity index (χ3v) is 5.37. The van der Waals surface area contributed by atoms with Gasteiger partial charge in [0.25, 0.3) is 5.56 Å². The number of pyridine rings is 1. The monoisotopic (exact) mass is 376 g/mol. The molecule has 2 atom stereocenters. The van der Waals surface area contributed by atoms with Crippen molar-refractivity contribution in [2.75, 3.05) is 11.4 Å². The molecule has 4 rings (SSSR count). The van der Waals surface area contributed by atoms with E-state index < -0.39 is 6.10 Å². The lowest BCUT2D eigenvalue weighted by atomic mass is 10.0. The van der Waals surface area contributed by atoms with Crippen LogP contribution in [0.15, 0.2) is 65.7 Å². The predicted octanol–water partition coefficient (Wildman–Crippen LogP) is 3.03. The molecule has 0 aliphatic carbocycles. The summed E-state index contributed by atoms with van der Waals surface area (Å²) in [6, 6.07) is 15.1. The number of hydrogen-bond donors (Lipinski definition) is 1. The molecule has 0 spiro atoms. The molecule has 3 aromatic rings. The molecule has 0 amide bonds.